The zero-order valence-electron chi connectivity index (χ0n) is 28.3. The van der Waals surface area contributed by atoms with Crippen molar-refractivity contribution in [2.45, 2.75) is 91.1 Å². The fourth-order valence-electron chi connectivity index (χ4n) is 5.42. The highest BCUT2D eigenvalue weighted by Crippen LogP contribution is 2.27. The summed E-state index contributed by atoms with van der Waals surface area (Å²) in [6.07, 6.45) is 7.08. The van der Waals surface area contributed by atoms with Gasteiger partial charge in [-0.05, 0) is 75.6 Å². The Balaban J connectivity index is 1.63. The first-order valence-corrected chi connectivity index (χ1v) is 15.8. The number of esters is 1. The standard InChI is InChI=1S/C35H49N5O6/c1-10-13-29(45-9)22(5)31(41)38-30(21(3)4)32(42)37-23(6)33(43)40-17-12-16-35(8,39-40)34(44)46-24(7)25-14-15-26-20-36-28(11-2)19-27(26)18-25/h10-11,13-15,18-24,29-30,39H,2,12,16-17H2,1,3-9H3,(H,37,42)(H,38,41)/t22-,23+,24-,29-,30+,35?/m1/s1. The summed E-state index contributed by atoms with van der Waals surface area (Å²) in [4.78, 5) is 57.5. The van der Waals surface area contributed by atoms with Crippen molar-refractivity contribution in [1.82, 2.24) is 26.1 Å². The second-order valence-electron chi connectivity index (χ2n) is 12.5. The lowest BCUT2D eigenvalue weighted by molar-refractivity contribution is -0.164. The predicted octanol–water partition coefficient (Wildman–Crippen LogP) is 4.24. The summed E-state index contributed by atoms with van der Waals surface area (Å²) < 4.78 is 11.3. The van der Waals surface area contributed by atoms with Crippen LogP contribution in [0.2, 0.25) is 0 Å². The molecule has 1 aromatic carbocycles. The van der Waals surface area contributed by atoms with Gasteiger partial charge in [0.2, 0.25) is 11.8 Å². The van der Waals surface area contributed by atoms with Gasteiger partial charge in [0.25, 0.3) is 5.91 Å². The molecule has 1 saturated heterocycles. The monoisotopic (exact) mass is 635 g/mol. The van der Waals surface area contributed by atoms with E-state index in [-0.39, 0.29) is 11.8 Å². The molecule has 1 aromatic heterocycles. The minimum Gasteiger partial charge on any atom is -0.456 e. The van der Waals surface area contributed by atoms with Gasteiger partial charge in [-0.3, -0.25) is 24.4 Å². The number of fused-ring (bicyclic) bond motifs is 1. The van der Waals surface area contributed by atoms with Crippen LogP contribution in [-0.4, -0.2) is 71.1 Å². The van der Waals surface area contributed by atoms with Crippen molar-refractivity contribution in [2.75, 3.05) is 13.7 Å². The molecule has 0 radical (unpaired) electrons. The summed E-state index contributed by atoms with van der Waals surface area (Å²) >= 11 is 0. The van der Waals surface area contributed by atoms with Gasteiger partial charge in [0.05, 0.1) is 17.7 Å². The molecule has 11 heteroatoms. The van der Waals surface area contributed by atoms with Gasteiger partial charge in [-0.1, -0.05) is 51.6 Å². The SMILES string of the molecule is C=Cc1cc2cc([C@@H](C)OC(=O)C3(C)CCCN(C(=O)[C@H](C)NC(=O)[C@@H](NC(=O)[C@H](C)[C@@H](C=CC)OC)C(C)C)N3)ccc2cn1. The van der Waals surface area contributed by atoms with Gasteiger partial charge in [0.1, 0.15) is 23.7 Å². The summed E-state index contributed by atoms with van der Waals surface area (Å²) in [5.74, 6) is -2.47. The molecule has 1 aliphatic rings. The van der Waals surface area contributed by atoms with E-state index >= 15 is 0 Å². The average Bonchev–Trinajstić information content (AvgIpc) is 3.04. The molecule has 1 fully saturated rings. The number of hydrazine groups is 1. The number of aromatic nitrogens is 1. The molecule has 1 aliphatic heterocycles. The quantitative estimate of drug-likeness (QED) is 0.220. The van der Waals surface area contributed by atoms with Gasteiger partial charge in [0.15, 0.2) is 0 Å². The second-order valence-corrected chi connectivity index (χ2v) is 12.5. The van der Waals surface area contributed by atoms with Crippen LogP contribution in [0.1, 0.15) is 78.7 Å². The maximum atomic E-state index is 13.5. The Morgan fingerprint density at radius 2 is 1.78 bits per heavy atom. The van der Waals surface area contributed by atoms with Crippen LogP contribution in [0.5, 0.6) is 0 Å². The number of methoxy groups -OCH3 is 1. The predicted molar refractivity (Wildman–Crippen MR) is 178 cm³/mol. The van der Waals surface area contributed by atoms with Crippen molar-refractivity contribution >= 4 is 40.5 Å². The number of nitrogens with one attached hydrogen (secondary N) is 3. The lowest BCUT2D eigenvalue weighted by Crippen LogP contribution is -2.65. The number of amides is 3. The van der Waals surface area contributed by atoms with Crippen molar-refractivity contribution in [3.63, 3.8) is 0 Å². The van der Waals surface area contributed by atoms with Crippen molar-refractivity contribution in [3.05, 3.63) is 60.5 Å². The summed E-state index contributed by atoms with van der Waals surface area (Å²) in [7, 11) is 1.52. The van der Waals surface area contributed by atoms with Gasteiger partial charge < -0.3 is 20.1 Å². The first kappa shape index (κ1) is 36.4. The zero-order valence-corrected chi connectivity index (χ0v) is 28.3. The number of carbonyl (C=O) groups excluding carboxylic acids is 4. The van der Waals surface area contributed by atoms with E-state index in [9.17, 15) is 19.2 Å². The highest BCUT2D eigenvalue weighted by molar-refractivity contribution is 5.93. The summed E-state index contributed by atoms with van der Waals surface area (Å²) in [5.41, 5.74) is 3.49. The number of benzene rings is 1. The number of rotatable bonds is 13. The average molecular weight is 636 g/mol. The normalized spacial score (nSPS) is 20.1. The zero-order chi connectivity index (χ0) is 34.2. The molecule has 0 spiro atoms. The number of hydrogen-bond donors (Lipinski definition) is 3. The van der Waals surface area contributed by atoms with E-state index < -0.39 is 53.5 Å². The molecule has 250 valence electrons. The fraction of sp³-hybridized carbons (Fsp3) is 0.514. The Morgan fingerprint density at radius 1 is 1.07 bits per heavy atom. The first-order valence-electron chi connectivity index (χ1n) is 15.8. The van der Waals surface area contributed by atoms with Gasteiger partial charge in [0, 0.05) is 25.2 Å². The maximum absolute atomic E-state index is 13.5. The topological polar surface area (TPSA) is 139 Å². The largest absolute Gasteiger partial charge is 0.456 e. The van der Waals surface area contributed by atoms with Gasteiger partial charge >= 0.3 is 5.97 Å². The molecule has 11 nitrogen and oxygen atoms in total. The molecule has 1 unspecified atom stereocenters. The van der Waals surface area contributed by atoms with Gasteiger partial charge in [-0.2, -0.15) is 0 Å². The van der Waals surface area contributed by atoms with Crippen LogP contribution in [0.3, 0.4) is 0 Å². The first-order chi connectivity index (χ1) is 21.7. The van der Waals surface area contributed by atoms with Gasteiger partial charge in [-0.15, -0.1) is 0 Å². The lowest BCUT2D eigenvalue weighted by Gasteiger charge is -2.41. The van der Waals surface area contributed by atoms with Crippen LogP contribution in [0, 0.1) is 11.8 Å². The molecule has 0 saturated carbocycles. The number of allylic oxidation sites excluding steroid dienone is 1. The highest BCUT2D eigenvalue weighted by Gasteiger charge is 2.42. The van der Waals surface area contributed by atoms with Crippen molar-refractivity contribution < 1.29 is 28.7 Å². The van der Waals surface area contributed by atoms with E-state index in [0.29, 0.717) is 19.4 Å². The van der Waals surface area contributed by atoms with E-state index in [1.54, 1.807) is 45.2 Å². The molecule has 3 amide bonds. The molecule has 0 bridgehead atoms. The van der Waals surface area contributed by atoms with E-state index in [4.69, 9.17) is 9.47 Å². The van der Waals surface area contributed by atoms with Crippen LogP contribution in [0.25, 0.3) is 16.8 Å². The van der Waals surface area contributed by atoms with Crippen LogP contribution in [0.4, 0.5) is 0 Å². The van der Waals surface area contributed by atoms with Crippen LogP contribution in [-0.2, 0) is 28.7 Å². The fourth-order valence-corrected chi connectivity index (χ4v) is 5.42. The molecule has 2 aromatic rings. The summed E-state index contributed by atoms with van der Waals surface area (Å²) in [6.45, 7) is 16.4. The van der Waals surface area contributed by atoms with E-state index in [1.807, 2.05) is 52.0 Å². The number of pyridine rings is 1. The summed E-state index contributed by atoms with van der Waals surface area (Å²) in [6, 6.07) is 5.94. The molecule has 2 heterocycles. The van der Waals surface area contributed by atoms with Crippen LogP contribution >= 0.6 is 0 Å². The van der Waals surface area contributed by atoms with E-state index in [1.165, 1.54) is 12.1 Å². The third kappa shape index (κ3) is 8.79. The molecular weight excluding hydrogens is 586 g/mol. The smallest absolute Gasteiger partial charge is 0.328 e. The highest BCUT2D eigenvalue weighted by atomic mass is 16.5. The van der Waals surface area contributed by atoms with Crippen molar-refractivity contribution in [1.29, 1.82) is 0 Å². The van der Waals surface area contributed by atoms with Gasteiger partial charge in [-0.25, -0.2) is 10.2 Å². The molecule has 0 aliphatic carbocycles. The molecule has 3 rings (SSSR count). The Kier molecular flexibility index (Phi) is 12.6. The third-order valence-corrected chi connectivity index (χ3v) is 8.42. The molecular formula is C35H49N5O6. The number of nitrogens with zero attached hydrogens (tertiary/aromatic N) is 2. The minimum absolute atomic E-state index is 0.238. The Labute approximate surface area is 272 Å². The van der Waals surface area contributed by atoms with E-state index in [2.05, 4.69) is 27.6 Å². The number of hydrogen-bond acceptors (Lipinski definition) is 8. The lowest BCUT2D eigenvalue weighted by atomic mass is 9.94. The second kappa shape index (κ2) is 16.0. The minimum atomic E-state index is -1.15. The Morgan fingerprint density at radius 3 is 2.41 bits per heavy atom. The Hall–Kier alpha value is -4.09. The number of ether oxygens (including phenoxy) is 2. The Bertz CT molecular complexity index is 1460. The summed E-state index contributed by atoms with van der Waals surface area (Å²) in [5, 5.41) is 8.85. The van der Waals surface area contributed by atoms with Crippen molar-refractivity contribution in [2.24, 2.45) is 11.8 Å². The molecule has 3 N–H and O–H groups in total. The van der Waals surface area contributed by atoms with E-state index in [0.717, 1.165) is 22.0 Å². The van der Waals surface area contributed by atoms with Crippen LogP contribution in [0.15, 0.2) is 49.2 Å². The molecule has 46 heavy (non-hydrogen) atoms. The maximum Gasteiger partial charge on any atom is 0.328 e. The van der Waals surface area contributed by atoms with Crippen molar-refractivity contribution in [3.8, 4) is 0 Å². The molecule has 6 atom stereocenters. The van der Waals surface area contributed by atoms with Crippen LogP contribution < -0.4 is 16.1 Å². The number of carbonyl (C=O) groups is 4. The third-order valence-electron chi connectivity index (χ3n) is 8.42.